The van der Waals surface area contributed by atoms with Crippen LogP contribution in [-0.4, -0.2) is 39.9 Å². The van der Waals surface area contributed by atoms with Gasteiger partial charge >= 0.3 is 5.97 Å². The maximum atomic E-state index is 12.5. The third-order valence-corrected chi connectivity index (χ3v) is 5.76. The Morgan fingerprint density at radius 2 is 2.04 bits per heavy atom. The van der Waals surface area contributed by atoms with E-state index in [9.17, 15) is 14.4 Å². The van der Waals surface area contributed by atoms with Crippen LogP contribution in [0, 0.1) is 13.8 Å². The second kappa shape index (κ2) is 8.49. The Kier molecular flexibility index (Phi) is 6.05. The van der Waals surface area contributed by atoms with Crippen LogP contribution in [0.2, 0.25) is 0 Å². The van der Waals surface area contributed by atoms with Crippen molar-refractivity contribution in [2.24, 2.45) is 0 Å². The minimum atomic E-state index is -0.856. The van der Waals surface area contributed by atoms with Crippen LogP contribution in [0.25, 0.3) is 5.13 Å². The first-order valence-corrected chi connectivity index (χ1v) is 10.3. The summed E-state index contributed by atoms with van der Waals surface area (Å²) in [4.78, 5) is 41.4. The summed E-state index contributed by atoms with van der Waals surface area (Å²) < 4.78 is 7.00. The molecular weight excluding hydrogens is 398 g/mol. The number of nitrogens with one attached hydrogen (secondary N) is 1. The number of carbonyl (C=O) groups is 3. The molecule has 0 aliphatic rings. The third kappa shape index (κ3) is 4.20. The van der Waals surface area contributed by atoms with Gasteiger partial charge in [-0.3, -0.25) is 14.2 Å². The highest BCUT2D eigenvalue weighted by molar-refractivity contribution is 7.12. The molecule has 9 heteroatoms. The van der Waals surface area contributed by atoms with Crippen LogP contribution in [0.3, 0.4) is 0 Å². The molecule has 1 amide bonds. The number of rotatable bonds is 7. The van der Waals surface area contributed by atoms with E-state index in [1.807, 2.05) is 23.8 Å². The van der Waals surface area contributed by atoms with Crippen LogP contribution in [0.5, 0.6) is 0 Å². The number of ether oxygens (including phenoxy) is 1. The Balaban J connectivity index is 1.60. The van der Waals surface area contributed by atoms with Gasteiger partial charge in [-0.1, -0.05) is 6.07 Å². The SMILES string of the molecule is Cc1cc(C(=O)COC(=O)C(C)NC(=O)c2cccs2)c(C)n1-c1nccs1. The molecule has 1 unspecified atom stereocenters. The molecule has 0 bridgehead atoms. The van der Waals surface area contributed by atoms with Crippen molar-refractivity contribution in [3.05, 3.63) is 57.0 Å². The molecule has 0 spiro atoms. The lowest BCUT2D eigenvalue weighted by molar-refractivity contribution is -0.144. The summed E-state index contributed by atoms with van der Waals surface area (Å²) in [6.45, 7) is 4.85. The molecule has 1 atom stereocenters. The summed E-state index contributed by atoms with van der Waals surface area (Å²) in [6, 6.07) is 4.32. The molecule has 0 aliphatic carbocycles. The normalized spacial score (nSPS) is 11.8. The van der Waals surface area contributed by atoms with E-state index < -0.39 is 12.0 Å². The third-order valence-electron chi connectivity index (χ3n) is 4.13. The number of carbonyl (C=O) groups excluding carboxylic acids is 3. The fraction of sp³-hybridized carbons (Fsp3) is 0.263. The fourth-order valence-corrected chi connectivity index (χ4v) is 4.12. The zero-order valence-electron chi connectivity index (χ0n) is 15.6. The summed E-state index contributed by atoms with van der Waals surface area (Å²) in [7, 11) is 0. The Bertz CT molecular complexity index is 991. The lowest BCUT2D eigenvalue weighted by Crippen LogP contribution is -2.39. The van der Waals surface area contributed by atoms with E-state index in [4.69, 9.17) is 4.74 Å². The topological polar surface area (TPSA) is 90.3 Å². The minimum absolute atomic E-state index is 0.305. The van der Waals surface area contributed by atoms with E-state index in [1.165, 1.54) is 29.6 Å². The number of amides is 1. The van der Waals surface area contributed by atoms with E-state index >= 15 is 0 Å². The second-order valence-electron chi connectivity index (χ2n) is 6.14. The number of hydrogen-bond donors (Lipinski definition) is 1. The molecule has 1 N–H and O–H groups in total. The van der Waals surface area contributed by atoms with Crippen molar-refractivity contribution in [3.8, 4) is 5.13 Å². The van der Waals surface area contributed by atoms with Crippen molar-refractivity contribution in [1.82, 2.24) is 14.9 Å². The largest absolute Gasteiger partial charge is 0.456 e. The zero-order valence-corrected chi connectivity index (χ0v) is 17.2. The quantitative estimate of drug-likeness (QED) is 0.471. The summed E-state index contributed by atoms with van der Waals surface area (Å²) >= 11 is 2.75. The van der Waals surface area contributed by atoms with Gasteiger partial charge < -0.3 is 10.1 Å². The molecule has 0 radical (unpaired) electrons. The number of thiophene rings is 1. The van der Waals surface area contributed by atoms with Gasteiger partial charge in [-0.05, 0) is 38.3 Å². The second-order valence-corrected chi connectivity index (χ2v) is 7.96. The Morgan fingerprint density at radius 1 is 1.25 bits per heavy atom. The van der Waals surface area contributed by atoms with Crippen LogP contribution >= 0.6 is 22.7 Å². The van der Waals surface area contributed by atoms with Crippen molar-refractivity contribution in [2.75, 3.05) is 6.61 Å². The van der Waals surface area contributed by atoms with E-state index in [1.54, 1.807) is 29.8 Å². The molecule has 0 aromatic carbocycles. The predicted octanol–water partition coefficient (Wildman–Crippen LogP) is 3.16. The smallest absolute Gasteiger partial charge is 0.328 e. The summed E-state index contributed by atoms with van der Waals surface area (Å²) in [5, 5.41) is 6.98. The highest BCUT2D eigenvalue weighted by Crippen LogP contribution is 2.22. The highest BCUT2D eigenvalue weighted by atomic mass is 32.1. The first kappa shape index (κ1) is 20.0. The Morgan fingerprint density at radius 3 is 2.68 bits per heavy atom. The summed E-state index contributed by atoms with van der Waals surface area (Å²) in [5.41, 5.74) is 2.10. The van der Waals surface area contributed by atoms with E-state index in [2.05, 4.69) is 10.3 Å². The molecule has 0 saturated heterocycles. The molecule has 28 heavy (non-hydrogen) atoms. The van der Waals surface area contributed by atoms with Gasteiger partial charge in [-0.2, -0.15) is 0 Å². The number of thiazole rings is 1. The summed E-state index contributed by atoms with van der Waals surface area (Å²) in [6.07, 6.45) is 1.70. The number of ketones is 1. The maximum Gasteiger partial charge on any atom is 0.328 e. The van der Waals surface area contributed by atoms with Gasteiger partial charge in [0.15, 0.2) is 11.7 Å². The molecular formula is C19H19N3O4S2. The molecule has 0 aliphatic heterocycles. The molecule has 146 valence electrons. The first-order chi connectivity index (χ1) is 13.4. The van der Waals surface area contributed by atoms with Gasteiger partial charge in [-0.25, -0.2) is 9.78 Å². The summed E-state index contributed by atoms with van der Waals surface area (Å²) in [5.74, 6) is -1.31. The lowest BCUT2D eigenvalue weighted by Gasteiger charge is -2.12. The van der Waals surface area contributed by atoms with Gasteiger partial charge in [0.25, 0.3) is 5.91 Å². The van der Waals surface area contributed by atoms with Crippen LogP contribution in [0.15, 0.2) is 35.2 Å². The molecule has 0 saturated carbocycles. The monoisotopic (exact) mass is 417 g/mol. The number of hydrogen-bond acceptors (Lipinski definition) is 7. The standard InChI is InChI=1S/C19H19N3O4S2/c1-11-9-14(13(3)22(11)19-20-6-8-28-19)15(23)10-26-18(25)12(2)21-17(24)16-5-4-7-27-16/h4-9,12H,10H2,1-3H3,(H,21,24). The van der Waals surface area contributed by atoms with Crippen LogP contribution in [-0.2, 0) is 9.53 Å². The average Bonchev–Trinajstić information content (AvgIpc) is 3.40. The number of Topliss-reactive ketones (excluding diaryl/α,β-unsaturated/α-hetero) is 1. The van der Waals surface area contributed by atoms with E-state index in [-0.39, 0.29) is 18.3 Å². The van der Waals surface area contributed by atoms with Crippen molar-refractivity contribution in [3.63, 3.8) is 0 Å². The van der Waals surface area contributed by atoms with Gasteiger partial charge in [0.1, 0.15) is 6.04 Å². The van der Waals surface area contributed by atoms with Crippen LogP contribution < -0.4 is 5.32 Å². The fourth-order valence-electron chi connectivity index (χ4n) is 2.74. The van der Waals surface area contributed by atoms with Gasteiger partial charge in [0.2, 0.25) is 5.78 Å². The number of aromatic nitrogens is 2. The van der Waals surface area contributed by atoms with Crippen molar-refractivity contribution >= 4 is 40.3 Å². The van der Waals surface area contributed by atoms with Crippen molar-refractivity contribution in [1.29, 1.82) is 0 Å². The van der Waals surface area contributed by atoms with Crippen molar-refractivity contribution in [2.45, 2.75) is 26.8 Å². The van der Waals surface area contributed by atoms with Gasteiger partial charge in [0, 0.05) is 28.5 Å². The lowest BCUT2D eigenvalue weighted by atomic mass is 10.1. The number of esters is 1. The zero-order chi connectivity index (χ0) is 20.3. The number of aryl methyl sites for hydroxylation is 1. The van der Waals surface area contributed by atoms with Gasteiger partial charge in [0.05, 0.1) is 4.88 Å². The Hall–Kier alpha value is -2.78. The molecule has 3 heterocycles. The molecule has 3 rings (SSSR count). The van der Waals surface area contributed by atoms with Crippen LogP contribution in [0.4, 0.5) is 0 Å². The molecule has 3 aromatic heterocycles. The molecule has 7 nitrogen and oxygen atoms in total. The highest BCUT2D eigenvalue weighted by Gasteiger charge is 2.22. The average molecular weight is 418 g/mol. The van der Waals surface area contributed by atoms with Crippen molar-refractivity contribution < 1.29 is 19.1 Å². The number of nitrogens with zero attached hydrogens (tertiary/aromatic N) is 2. The predicted molar refractivity (Wildman–Crippen MR) is 107 cm³/mol. The minimum Gasteiger partial charge on any atom is -0.456 e. The Labute approximate surface area is 170 Å². The molecule has 0 fully saturated rings. The van der Waals surface area contributed by atoms with Gasteiger partial charge in [-0.15, -0.1) is 22.7 Å². The van der Waals surface area contributed by atoms with E-state index in [0.717, 1.165) is 16.5 Å². The maximum absolute atomic E-state index is 12.5. The van der Waals surface area contributed by atoms with E-state index in [0.29, 0.717) is 10.4 Å². The first-order valence-electron chi connectivity index (χ1n) is 8.51. The molecule has 3 aromatic rings. The van der Waals surface area contributed by atoms with Crippen LogP contribution in [0.1, 0.15) is 38.3 Å².